The predicted octanol–water partition coefficient (Wildman–Crippen LogP) is 2.89. The van der Waals surface area contributed by atoms with Gasteiger partial charge in [-0.15, -0.1) is 24.0 Å². The Morgan fingerprint density at radius 1 is 1.42 bits per heavy atom. The lowest BCUT2D eigenvalue weighted by Gasteiger charge is -2.21. The van der Waals surface area contributed by atoms with E-state index >= 15 is 0 Å². The van der Waals surface area contributed by atoms with E-state index in [2.05, 4.69) is 15.2 Å². The third kappa shape index (κ3) is 5.77. The van der Waals surface area contributed by atoms with Crippen LogP contribution in [0.4, 0.5) is 4.39 Å². The zero-order valence-electron chi connectivity index (χ0n) is 14.5. The van der Waals surface area contributed by atoms with Gasteiger partial charge in [-0.25, -0.2) is 9.38 Å². The molecular weight excluding hydrogens is 424 g/mol. The summed E-state index contributed by atoms with van der Waals surface area (Å²) in [5.74, 6) is 1.32. The highest BCUT2D eigenvalue weighted by atomic mass is 127. The van der Waals surface area contributed by atoms with Crippen molar-refractivity contribution in [2.45, 2.75) is 19.9 Å². The van der Waals surface area contributed by atoms with Gasteiger partial charge in [0.25, 0.3) is 0 Å². The van der Waals surface area contributed by atoms with Gasteiger partial charge in [0.15, 0.2) is 17.5 Å². The normalized spacial score (nSPS) is 17.6. The molecule has 1 aliphatic heterocycles. The molecule has 24 heavy (non-hydrogen) atoms. The van der Waals surface area contributed by atoms with Crippen molar-refractivity contribution >= 4 is 29.9 Å². The Labute approximate surface area is 160 Å². The first-order valence-corrected chi connectivity index (χ1v) is 8.02. The van der Waals surface area contributed by atoms with Gasteiger partial charge in [0.1, 0.15) is 0 Å². The molecule has 0 bridgehead atoms. The van der Waals surface area contributed by atoms with Crippen molar-refractivity contribution in [2.24, 2.45) is 10.9 Å². The molecule has 1 aromatic carbocycles. The van der Waals surface area contributed by atoms with Crippen LogP contribution in [0.2, 0.25) is 0 Å². The minimum absolute atomic E-state index is 0. The first kappa shape index (κ1) is 21.0. The van der Waals surface area contributed by atoms with Crippen molar-refractivity contribution in [3.05, 3.63) is 29.6 Å². The third-order valence-electron chi connectivity index (χ3n) is 3.95. The maximum absolute atomic E-state index is 13.7. The minimum atomic E-state index is -0.355. The Kier molecular flexibility index (Phi) is 9.35. The van der Waals surface area contributed by atoms with Crippen LogP contribution in [0.25, 0.3) is 0 Å². The molecule has 5 nitrogen and oxygen atoms in total. The molecule has 0 amide bonds. The quantitative estimate of drug-likeness (QED) is 0.411. The Bertz CT molecular complexity index is 543. The van der Waals surface area contributed by atoms with Gasteiger partial charge in [-0.2, -0.15) is 0 Å². The average molecular weight is 451 g/mol. The fraction of sp³-hybridized carbons (Fsp3) is 0.588. The second-order valence-electron chi connectivity index (χ2n) is 5.70. The summed E-state index contributed by atoms with van der Waals surface area (Å²) in [5.41, 5.74) is 0.825. The van der Waals surface area contributed by atoms with Crippen molar-refractivity contribution in [3.63, 3.8) is 0 Å². The van der Waals surface area contributed by atoms with E-state index in [-0.39, 0.29) is 35.5 Å². The van der Waals surface area contributed by atoms with E-state index < -0.39 is 0 Å². The number of guanidine groups is 1. The highest BCUT2D eigenvalue weighted by Gasteiger charge is 2.24. The second-order valence-corrected chi connectivity index (χ2v) is 5.70. The van der Waals surface area contributed by atoms with Crippen LogP contribution in [0.1, 0.15) is 18.9 Å². The zero-order chi connectivity index (χ0) is 16.7. The average Bonchev–Trinajstić information content (AvgIpc) is 3.00. The summed E-state index contributed by atoms with van der Waals surface area (Å²) < 4.78 is 23.9. The highest BCUT2D eigenvalue weighted by molar-refractivity contribution is 14.0. The van der Waals surface area contributed by atoms with E-state index in [1.807, 2.05) is 13.0 Å². The summed E-state index contributed by atoms with van der Waals surface area (Å²) in [5, 5.41) is 3.31. The minimum Gasteiger partial charge on any atom is -0.494 e. The van der Waals surface area contributed by atoms with Gasteiger partial charge in [0.05, 0.1) is 20.3 Å². The van der Waals surface area contributed by atoms with E-state index in [0.717, 1.165) is 44.2 Å². The molecule has 0 spiro atoms. The molecule has 2 rings (SSSR count). The fourth-order valence-electron chi connectivity index (χ4n) is 2.80. The number of halogens is 2. The number of methoxy groups -OCH3 is 2. The molecular formula is C17H27FIN3O2. The summed E-state index contributed by atoms with van der Waals surface area (Å²) >= 11 is 0. The molecule has 1 aliphatic rings. The molecule has 1 unspecified atom stereocenters. The third-order valence-corrected chi connectivity index (χ3v) is 3.95. The molecule has 0 saturated carbocycles. The van der Waals surface area contributed by atoms with Crippen molar-refractivity contribution in [2.75, 3.05) is 40.5 Å². The van der Waals surface area contributed by atoms with Crippen LogP contribution in [0.3, 0.4) is 0 Å². The van der Waals surface area contributed by atoms with E-state index in [1.54, 1.807) is 13.2 Å². The predicted molar refractivity (Wildman–Crippen MR) is 105 cm³/mol. The Morgan fingerprint density at radius 3 is 2.83 bits per heavy atom. The summed E-state index contributed by atoms with van der Waals surface area (Å²) in [6.07, 6.45) is 1.11. The SMILES string of the molecule is CCNC(=NCc1ccc(OC)c(F)c1)N1CCC(COC)C1.I. The standard InChI is InChI=1S/C17H26FN3O2.HI/c1-4-19-17(21-8-7-14(11-21)12-22-2)20-10-13-5-6-16(23-3)15(18)9-13;/h5-6,9,14H,4,7-8,10-12H2,1-3H3,(H,19,20);1H. The second kappa shape index (κ2) is 10.7. The topological polar surface area (TPSA) is 46.1 Å². The number of hydrogen-bond acceptors (Lipinski definition) is 3. The largest absolute Gasteiger partial charge is 0.494 e. The van der Waals surface area contributed by atoms with Crippen LogP contribution < -0.4 is 10.1 Å². The number of hydrogen-bond donors (Lipinski definition) is 1. The van der Waals surface area contributed by atoms with Gasteiger partial charge in [-0.3, -0.25) is 0 Å². The fourth-order valence-corrected chi connectivity index (χ4v) is 2.80. The van der Waals surface area contributed by atoms with Gasteiger partial charge >= 0.3 is 0 Å². The molecule has 1 aromatic rings. The molecule has 1 N–H and O–H groups in total. The van der Waals surface area contributed by atoms with E-state index in [4.69, 9.17) is 9.47 Å². The first-order valence-electron chi connectivity index (χ1n) is 8.02. The van der Waals surface area contributed by atoms with Crippen molar-refractivity contribution in [3.8, 4) is 5.75 Å². The van der Waals surface area contributed by atoms with E-state index in [9.17, 15) is 4.39 Å². The number of benzene rings is 1. The Balaban J connectivity index is 0.00000288. The van der Waals surface area contributed by atoms with Crippen LogP contribution in [-0.4, -0.2) is 51.3 Å². The molecule has 0 aliphatic carbocycles. The van der Waals surface area contributed by atoms with Crippen LogP contribution in [0, 0.1) is 11.7 Å². The summed E-state index contributed by atoms with van der Waals surface area (Å²) in [6, 6.07) is 4.95. The number of ether oxygens (including phenoxy) is 2. The first-order chi connectivity index (χ1) is 11.2. The maximum atomic E-state index is 13.7. The lowest BCUT2D eigenvalue weighted by molar-refractivity contribution is 0.157. The van der Waals surface area contributed by atoms with Gasteiger partial charge in [-0.05, 0) is 31.0 Å². The molecule has 0 aromatic heterocycles. The lowest BCUT2D eigenvalue weighted by Crippen LogP contribution is -2.40. The zero-order valence-corrected chi connectivity index (χ0v) is 16.9. The smallest absolute Gasteiger partial charge is 0.194 e. The summed E-state index contributed by atoms with van der Waals surface area (Å²) in [4.78, 5) is 6.88. The summed E-state index contributed by atoms with van der Waals surface area (Å²) in [6.45, 7) is 5.98. The molecule has 1 saturated heterocycles. The lowest BCUT2D eigenvalue weighted by atomic mass is 10.1. The monoisotopic (exact) mass is 451 g/mol. The highest BCUT2D eigenvalue weighted by Crippen LogP contribution is 2.19. The van der Waals surface area contributed by atoms with Gasteiger partial charge in [0, 0.05) is 32.7 Å². The number of rotatable bonds is 6. The molecule has 136 valence electrons. The van der Waals surface area contributed by atoms with Crippen molar-refractivity contribution in [1.82, 2.24) is 10.2 Å². The van der Waals surface area contributed by atoms with Gasteiger partial charge < -0.3 is 19.7 Å². The van der Waals surface area contributed by atoms with Crippen LogP contribution in [0.15, 0.2) is 23.2 Å². The Morgan fingerprint density at radius 2 is 2.21 bits per heavy atom. The van der Waals surface area contributed by atoms with Crippen LogP contribution >= 0.6 is 24.0 Å². The number of aliphatic imine (C=N–C) groups is 1. The molecule has 1 fully saturated rings. The maximum Gasteiger partial charge on any atom is 0.194 e. The van der Waals surface area contributed by atoms with Crippen molar-refractivity contribution in [1.29, 1.82) is 0 Å². The van der Waals surface area contributed by atoms with Crippen molar-refractivity contribution < 1.29 is 13.9 Å². The molecule has 0 radical (unpaired) electrons. The molecule has 7 heteroatoms. The summed E-state index contributed by atoms with van der Waals surface area (Å²) in [7, 11) is 3.20. The molecule has 1 heterocycles. The van der Waals surface area contributed by atoms with E-state index in [0.29, 0.717) is 12.5 Å². The van der Waals surface area contributed by atoms with Crippen LogP contribution in [-0.2, 0) is 11.3 Å². The van der Waals surface area contributed by atoms with Gasteiger partial charge in [-0.1, -0.05) is 6.07 Å². The number of nitrogens with one attached hydrogen (secondary N) is 1. The number of likely N-dealkylation sites (tertiary alicyclic amines) is 1. The molecule has 1 atom stereocenters. The van der Waals surface area contributed by atoms with E-state index in [1.165, 1.54) is 13.2 Å². The Hall–Kier alpha value is -1.09. The number of nitrogens with zero attached hydrogens (tertiary/aromatic N) is 2. The van der Waals surface area contributed by atoms with Crippen LogP contribution in [0.5, 0.6) is 5.75 Å². The van der Waals surface area contributed by atoms with Gasteiger partial charge in [0.2, 0.25) is 0 Å².